The van der Waals surface area contributed by atoms with E-state index in [4.69, 9.17) is 4.43 Å². The molecule has 5 aromatic carbocycles. The summed E-state index contributed by atoms with van der Waals surface area (Å²) < 4.78 is 7.49. The molecule has 2 aliphatic heterocycles. The van der Waals surface area contributed by atoms with Crippen molar-refractivity contribution in [3.05, 3.63) is 155 Å². The number of carbonyl (C=O) groups excluding carboxylic acids is 2. The Morgan fingerprint density at radius 2 is 1.40 bits per heavy atom. The second kappa shape index (κ2) is 18.9. The summed E-state index contributed by atoms with van der Waals surface area (Å²) in [6.45, 7) is 10.9. The number of rotatable bonds is 14. The van der Waals surface area contributed by atoms with E-state index >= 15 is 0 Å². The van der Waals surface area contributed by atoms with Crippen LogP contribution >= 0.6 is 0 Å². The lowest BCUT2D eigenvalue weighted by atomic mass is 9.68. The average molecular weight is 863 g/mol. The number of piperidine rings is 1. The number of likely N-dealkylation sites (tertiary alicyclic amines) is 2. The van der Waals surface area contributed by atoms with Crippen molar-refractivity contribution in [2.45, 2.75) is 83.5 Å². The number of phenols is 1. The van der Waals surface area contributed by atoms with E-state index in [9.17, 15) is 24.9 Å². The Morgan fingerprint density at radius 1 is 0.810 bits per heavy atom. The molecule has 1 aliphatic carbocycles. The Balaban J connectivity index is 1.12. The van der Waals surface area contributed by atoms with Gasteiger partial charge in [-0.3, -0.25) is 19.4 Å². The molecule has 0 aromatic heterocycles. The summed E-state index contributed by atoms with van der Waals surface area (Å²) >= 11 is 0. The van der Waals surface area contributed by atoms with E-state index in [2.05, 4.69) is 92.4 Å². The van der Waals surface area contributed by atoms with E-state index in [1.807, 2.05) is 67.6 Å². The van der Waals surface area contributed by atoms with Gasteiger partial charge < -0.3 is 19.7 Å². The van der Waals surface area contributed by atoms with E-state index in [1.165, 1.54) is 5.56 Å². The normalized spacial score (nSPS) is 21.0. The molecule has 328 valence electrons. The van der Waals surface area contributed by atoms with Gasteiger partial charge in [0.15, 0.2) is 0 Å². The minimum absolute atomic E-state index is 0.160. The van der Waals surface area contributed by atoms with Crippen molar-refractivity contribution in [1.29, 1.82) is 0 Å². The lowest BCUT2D eigenvalue weighted by Crippen LogP contribution is -2.66. The SMILES string of the molecule is C/C(=C\c1ccc(O)c2ccccc12)CC[C@@H](O)C1=C(CO[Si](c2ccccc2)(c2ccccc2)C(C)(C)C)C[C@H]2C(=O)N(C3CCN(Cc4ccccc4)CC3)C(=O)[C@H]2[C@H]1CO. The van der Waals surface area contributed by atoms with Crippen LogP contribution in [0.1, 0.15) is 70.9 Å². The summed E-state index contributed by atoms with van der Waals surface area (Å²) in [6, 6.07) is 42.4. The van der Waals surface area contributed by atoms with Crippen LogP contribution in [0.4, 0.5) is 0 Å². The molecule has 0 bridgehead atoms. The molecule has 2 heterocycles. The largest absolute Gasteiger partial charge is 0.507 e. The zero-order valence-corrected chi connectivity index (χ0v) is 38.1. The monoisotopic (exact) mass is 862 g/mol. The third-order valence-electron chi connectivity index (χ3n) is 14.0. The maximum atomic E-state index is 14.7. The number of hydrogen-bond donors (Lipinski definition) is 3. The van der Waals surface area contributed by atoms with Gasteiger partial charge in [-0.2, -0.15) is 0 Å². The van der Waals surface area contributed by atoms with Crippen molar-refractivity contribution < 1.29 is 29.3 Å². The zero-order chi connectivity index (χ0) is 44.3. The quantitative estimate of drug-likeness (QED) is 0.0587. The summed E-state index contributed by atoms with van der Waals surface area (Å²) in [6.07, 6.45) is 3.70. The summed E-state index contributed by atoms with van der Waals surface area (Å²) in [5, 5.41) is 38.0. The Hall–Kier alpha value is -5.16. The summed E-state index contributed by atoms with van der Waals surface area (Å²) in [5.41, 5.74) is 4.71. The first-order valence-electron chi connectivity index (χ1n) is 22.7. The molecule has 8 rings (SSSR count). The number of aliphatic hydroxyl groups is 2. The second-order valence-corrected chi connectivity index (χ2v) is 23.2. The Morgan fingerprint density at radius 3 is 2.00 bits per heavy atom. The van der Waals surface area contributed by atoms with Crippen LogP contribution in [-0.4, -0.2) is 83.7 Å². The van der Waals surface area contributed by atoms with Crippen molar-refractivity contribution in [3.63, 3.8) is 0 Å². The van der Waals surface area contributed by atoms with Gasteiger partial charge >= 0.3 is 0 Å². The molecule has 4 atom stereocenters. The van der Waals surface area contributed by atoms with Crippen molar-refractivity contribution >= 4 is 47.4 Å². The van der Waals surface area contributed by atoms with E-state index < -0.39 is 32.2 Å². The number of allylic oxidation sites excluding steroid dienone is 1. The third-order valence-corrected chi connectivity index (χ3v) is 19.0. The van der Waals surface area contributed by atoms with E-state index in [-0.39, 0.29) is 48.3 Å². The van der Waals surface area contributed by atoms with Gasteiger partial charge in [-0.1, -0.05) is 154 Å². The number of amides is 2. The molecule has 0 unspecified atom stereocenters. The molecular formula is C54H62N2O6Si. The predicted octanol–water partition coefficient (Wildman–Crippen LogP) is 8.24. The lowest BCUT2D eigenvalue weighted by molar-refractivity contribution is -0.144. The molecule has 0 saturated carbocycles. The molecule has 63 heavy (non-hydrogen) atoms. The number of aliphatic hydroxyl groups excluding tert-OH is 2. The molecule has 3 N–H and O–H groups in total. The van der Waals surface area contributed by atoms with Crippen LogP contribution in [0, 0.1) is 17.8 Å². The average Bonchev–Trinajstić information content (AvgIpc) is 3.55. The van der Waals surface area contributed by atoms with Gasteiger partial charge in [0.05, 0.1) is 31.2 Å². The molecule has 0 spiro atoms. The van der Waals surface area contributed by atoms with Gasteiger partial charge in [0.2, 0.25) is 11.8 Å². The van der Waals surface area contributed by atoms with Crippen LogP contribution in [0.2, 0.25) is 5.04 Å². The number of benzene rings is 5. The fourth-order valence-corrected chi connectivity index (χ4v) is 15.4. The van der Waals surface area contributed by atoms with Gasteiger partial charge in [-0.15, -0.1) is 0 Å². The van der Waals surface area contributed by atoms with Crippen molar-refractivity contribution in [2.75, 3.05) is 26.3 Å². The van der Waals surface area contributed by atoms with Gasteiger partial charge in [-0.05, 0) is 88.2 Å². The number of aromatic hydroxyl groups is 1. The fourth-order valence-electron chi connectivity index (χ4n) is 10.9. The van der Waals surface area contributed by atoms with Crippen LogP contribution < -0.4 is 10.4 Å². The van der Waals surface area contributed by atoms with Crippen LogP contribution in [0.5, 0.6) is 5.75 Å². The fraction of sp³-hybridized carbons (Fsp3) is 0.370. The first kappa shape index (κ1) is 44.4. The number of hydrogen-bond acceptors (Lipinski definition) is 7. The van der Waals surface area contributed by atoms with E-state index in [0.717, 1.165) is 57.5 Å². The van der Waals surface area contributed by atoms with Gasteiger partial charge in [0.25, 0.3) is 8.32 Å². The molecule has 5 aromatic rings. The minimum atomic E-state index is -3.05. The van der Waals surface area contributed by atoms with Gasteiger partial charge in [0.1, 0.15) is 5.75 Å². The van der Waals surface area contributed by atoms with E-state index in [1.54, 1.807) is 11.0 Å². The number of nitrogens with zero attached hydrogens (tertiary/aromatic N) is 2. The molecule has 3 aliphatic rings. The number of phenolic OH excluding ortho intramolecular Hbond substituents is 1. The molecule has 2 fully saturated rings. The predicted molar refractivity (Wildman–Crippen MR) is 254 cm³/mol. The highest BCUT2D eigenvalue weighted by atomic mass is 28.4. The summed E-state index contributed by atoms with van der Waals surface area (Å²) in [5.74, 6) is -2.30. The van der Waals surface area contributed by atoms with E-state index in [0.29, 0.717) is 31.3 Å². The van der Waals surface area contributed by atoms with Crippen LogP contribution in [0.3, 0.4) is 0 Å². The maximum Gasteiger partial charge on any atom is 0.261 e. The third kappa shape index (κ3) is 8.87. The Labute approximate surface area is 373 Å². The second-order valence-electron chi connectivity index (χ2n) is 18.9. The molecule has 8 nitrogen and oxygen atoms in total. The number of carbonyl (C=O) groups is 2. The number of imide groups is 1. The Bertz CT molecular complexity index is 2420. The highest BCUT2D eigenvalue weighted by Gasteiger charge is 2.57. The molecule has 2 amide bonds. The first-order valence-corrected chi connectivity index (χ1v) is 24.6. The lowest BCUT2D eigenvalue weighted by Gasteiger charge is -2.44. The smallest absolute Gasteiger partial charge is 0.261 e. The van der Waals surface area contributed by atoms with Gasteiger partial charge in [0, 0.05) is 37.0 Å². The van der Waals surface area contributed by atoms with Crippen molar-refractivity contribution in [3.8, 4) is 5.75 Å². The Kier molecular flexibility index (Phi) is 13.3. The summed E-state index contributed by atoms with van der Waals surface area (Å²) in [4.78, 5) is 33.3. The molecule has 9 heteroatoms. The first-order chi connectivity index (χ1) is 30.4. The minimum Gasteiger partial charge on any atom is -0.507 e. The topological polar surface area (TPSA) is 111 Å². The summed E-state index contributed by atoms with van der Waals surface area (Å²) in [7, 11) is -3.05. The van der Waals surface area contributed by atoms with Crippen LogP contribution in [0.25, 0.3) is 16.8 Å². The molecular weight excluding hydrogens is 801 g/mol. The highest BCUT2D eigenvalue weighted by molar-refractivity contribution is 6.99. The maximum absolute atomic E-state index is 14.7. The number of fused-ring (bicyclic) bond motifs is 2. The molecule has 0 radical (unpaired) electrons. The van der Waals surface area contributed by atoms with Crippen LogP contribution in [0.15, 0.2) is 144 Å². The highest BCUT2D eigenvalue weighted by Crippen LogP contribution is 2.48. The van der Waals surface area contributed by atoms with Gasteiger partial charge in [-0.25, -0.2) is 0 Å². The van der Waals surface area contributed by atoms with Crippen molar-refractivity contribution in [1.82, 2.24) is 9.80 Å². The zero-order valence-electron chi connectivity index (χ0n) is 37.1. The molecule has 2 saturated heterocycles. The standard InChI is InChI=1S/C54H62N2O6Si/c1-37(32-39-25-27-48(58)45-23-15-14-22-44(39)45)24-26-49(59)50-40(36-62-63(54(2,3)4,42-18-10-6-11-19-42)43-20-12-7-13-21-43)33-46-51(47(50)35-57)53(61)56(52(46)60)41-28-30-55(31-29-41)34-38-16-8-5-9-17-38/h5-23,25,27,32,41,46-47,49,51,57-59H,24,26,28-31,33-36H2,1-4H3/b37-32+/t46-,47+,49-,51-/m1/s1. The van der Waals surface area contributed by atoms with Crippen LogP contribution in [-0.2, 0) is 20.6 Å². The van der Waals surface area contributed by atoms with Crippen molar-refractivity contribution in [2.24, 2.45) is 17.8 Å².